The van der Waals surface area contributed by atoms with Gasteiger partial charge in [0.15, 0.2) is 5.82 Å². The fourth-order valence-electron chi connectivity index (χ4n) is 2.16. The predicted octanol–water partition coefficient (Wildman–Crippen LogP) is 1.58. The van der Waals surface area contributed by atoms with Crippen LogP contribution in [0.4, 0.5) is 5.82 Å². The lowest BCUT2D eigenvalue weighted by atomic mass is 9.99. The molecular weight excluding hydrogens is 258 g/mol. The van der Waals surface area contributed by atoms with Crippen molar-refractivity contribution >= 4 is 23.4 Å². The zero-order valence-electron chi connectivity index (χ0n) is 10.2. The first-order valence-electron chi connectivity index (χ1n) is 5.56. The predicted molar refractivity (Wildman–Crippen MR) is 66.2 cm³/mol. The van der Waals surface area contributed by atoms with Crippen LogP contribution in [0.3, 0.4) is 0 Å². The van der Waals surface area contributed by atoms with E-state index in [0.29, 0.717) is 23.8 Å². The third-order valence-corrected chi connectivity index (χ3v) is 3.51. The standard InChI is InChI=1S/C11H14ClN3O3/c1-11(9(16)17)4-3-5-15(11)8-7(12)6-13-10(14-8)18-2/h6H,3-5H2,1-2H3,(H,16,17). The minimum absolute atomic E-state index is 0.175. The fraction of sp³-hybridized carbons (Fsp3) is 0.545. The second-order valence-electron chi connectivity index (χ2n) is 4.36. The maximum atomic E-state index is 11.4. The Hall–Kier alpha value is -1.56. The van der Waals surface area contributed by atoms with Crippen molar-refractivity contribution in [1.82, 2.24) is 9.97 Å². The van der Waals surface area contributed by atoms with Gasteiger partial charge in [0.1, 0.15) is 10.6 Å². The van der Waals surface area contributed by atoms with E-state index in [9.17, 15) is 9.90 Å². The van der Waals surface area contributed by atoms with Gasteiger partial charge in [0.25, 0.3) is 0 Å². The number of carbonyl (C=O) groups is 1. The average molecular weight is 272 g/mol. The highest BCUT2D eigenvalue weighted by Crippen LogP contribution is 2.37. The lowest BCUT2D eigenvalue weighted by Gasteiger charge is -2.32. The summed E-state index contributed by atoms with van der Waals surface area (Å²) in [5, 5.41) is 9.69. The third kappa shape index (κ3) is 1.96. The molecule has 1 aromatic rings. The van der Waals surface area contributed by atoms with Gasteiger partial charge in [-0.1, -0.05) is 11.6 Å². The summed E-state index contributed by atoms with van der Waals surface area (Å²) in [4.78, 5) is 21.1. The quantitative estimate of drug-likeness (QED) is 0.900. The van der Waals surface area contributed by atoms with E-state index in [4.69, 9.17) is 16.3 Å². The molecule has 0 saturated carbocycles. The Kier molecular flexibility index (Phi) is 3.30. The van der Waals surface area contributed by atoms with Crippen molar-refractivity contribution in [3.8, 4) is 6.01 Å². The highest BCUT2D eigenvalue weighted by Gasteiger charge is 2.44. The molecule has 1 aliphatic heterocycles. The lowest BCUT2D eigenvalue weighted by molar-refractivity contribution is -0.142. The van der Waals surface area contributed by atoms with E-state index in [-0.39, 0.29) is 6.01 Å². The van der Waals surface area contributed by atoms with Crippen LogP contribution < -0.4 is 9.64 Å². The van der Waals surface area contributed by atoms with Gasteiger partial charge in [0.2, 0.25) is 0 Å². The maximum absolute atomic E-state index is 11.4. The van der Waals surface area contributed by atoms with E-state index in [2.05, 4.69) is 9.97 Å². The van der Waals surface area contributed by atoms with Crippen molar-refractivity contribution in [2.45, 2.75) is 25.3 Å². The number of hydrogen-bond acceptors (Lipinski definition) is 5. The van der Waals surface area contributed by atoms with Crippen LogP contribution in [0.2, 0.25) is 5.02 Å². The van der Waals surface area contributed by atoms with Crippen molar-refractivity contribution in [1.29, 1.82) is 0 Å². The fourth-order valence-corrected chi connectivity index (χ4v) is 2.35. The Morgan fingerprint density at radius 1 is 1.67 bits per heavy atom. The van der Waals surface area contributed by atoms with Crippen LogP contribution >= 0.6 is 11.6 Å². The summed E-state index contributed by atoms with van der Waals surface area (Å²) >= 11 is 6.05. The van der Waals surface area contributed by atoms with E-state index in [1.165, 1.54) is 13.3 Å². The summed E-state index contributed by atoms with van der Waals surface area (Å²) in [5.41, 5.74) is -0.983. The molecule has 0 spiro atoms. The molecule has 7 heteroatoms. The summed E-state index contributed by atoms with van der Waals surface area (Å²) in [5.74, 6) is -0.473. The van der Waals surface area contributed by atoms with Crippen LogP contribution in [-0.4, -0.2) is 40.2 Å². The van der Waals surface area contributed by atoms with Crippen LogP contribution in [0, 0.1) is 0 Å². The van der Waals surface area contributed by atoms with Gasteiger partial charge >= 0.3 is 12.0 Å². The smallest absolute Gasteiger partial charge is 0.329 e. The van der Waals surface area contributed by atoms with Gasteiger partial charge in [0, 0.05) is 6.54 Å². The van der Waals surface area contributed by atoms with E-state index in [0.717, 1.165) is 6.42 Å². The second kappa shape index (κ2) is 4.61. The number of aliphatic carboxylic acids is 1. The van der Waals surface area contributed by atoms with Gasteiger partial charge in [-0.25, -0.2) is 9.78 Å². The Bertz CT molecular complexity index is 483. The Morgan fingerprint density at radius 2 is 2.39 bits per heavy atom. The van der Waals surface area contributed by atoms with E-state index >= 15 is 0 Å². The van der Waals surface area contributed by atoms with E-state index in [1.807, 2.05) is 0 Å². The molecule has 1 N–H and O–H groups in total. The molecule has 1 saturated heterocycles. The first-order valence-corrected chi connectivity index (χ1v) is 5.94. The van der Waals surface area contributed by atoms with Crippen LogP contribution in [0.1, 0.15) is 19.8 Å². The minimum Gasteiger partial charge on any atom is -0.480 e. The van der Waals surface area contributed by atoms with Gasteiger partial charge in [0.05, 0.1) is 13.3 Å². The first-order chi connectivity index (χ1) is 8.49. The molecule has 1 aliphatic rings. The molecule has 0 aromatic carbocycles. The third-order valence-electron chi connectivity index (χ3n) is 3.24. The van der Waals surface area contributed by atoms with Crippen molar-refractivity contribution in [2.75, 3.05) is 18.6 Å². The van der Waals surface area contributed by atoms with Gasteiger partial charge in [-0.3, -0.25) is 0 Å². The maximum Gasteiger partial charge on any atom is 0.329 e. The molecule has 6 nitrogen and oxygen atoms in total. The number of carboxylic acid groups (broad SMARTS) is 1. The molecule has 2 heterocycles. The van der Waals surface area contributed by atoms with Crippen LogP contribution in [0.25, 0.3) is 0 Å². The summed E-state index contributed by atoms with van der Waals surface area (Å²) in [7, 11) is 1.45. The number of rotatable bonds is 3. The number of nitrogens with zero attached hydrogens (tertiary/aromatic N) is 3. The molecule has 0 radical (unpaired) electrons. The van der Waals surface area contributed by atoms with Crippen molar-refractivity contribution in [3.63, 3.8) is 0 Å². The van der Waals surface area contributed by atoms with E-state index in [1.54, 1.807) is 11.8 Å². The van der Waals surface area contributed by atoms with Gasteiger partial charge in [-0.2, -0.15) is 4.98 Å². The molecule has 0 aliphatic carbocycles. The summed E-state index contributed by atoms with van der Waals surface area (Å²) < 4.78 is 4.94. The minimum atomic E-state index is -0.983. The van der Waals surface area contributed by atoms with Crippen LogP contribution in [-0.2, 0) is 4.79 Å². The average Bonchev–Trinajstić information content (AvgIpc) is 2.73. The molecule has 1 aromatic heterocycles. The monoisotopic (exact) mass is 271 g/mol. The molecular formula is C11H14ClN3O3. The first kappa shape index (κ1) is 12.9. The SMILES string of the molecule is COc1ncc(Cl)c(N2CCCC2(C)C(=O)O)n1. The molecule has 18 heavy (non-hydrogen) atoms. The van der Waals surface area contributed by atoms with Crippen LogP contribution in [0.15, 0.2) is 6.20 Å². The van der Waals surface area contributed by atoms with Gasteiger partial charge in [-0.15, -0.1) is 0 Å². The van der Waals surface area contributed by atoms with Gasteiger partial charge in [-0.05, 0) is 19.8 Å². The van der Waals surface area contributed by atoms with Gasteiger partial charge < -0.3 is 14.7 Å². The Labute approximate surface area is 110 Å². The number of hydrogen-bond donors (Lipinski definition) is 1. The number of aromatic nitrogens is 2. The lowest BCUT2D eigenvalue weighted by Crippen LogP contribution is -2.48. The number of halogens is 1. The van der Waals surface area contributed by atoms with Crippen LogP contribution in [0.5, 0.6) is 6.01 Å². The summed E-state index contributed by atoms with van der Waals surface area (Å²) in [6, 6.07) is 0.175. The topological polar surface area (TPSA) is 75.5 Å². The zero-order valence-corrected chi connectivity index (χ0v) is 10.9. The summed E-state index contributed by atoms with van der Waals surface area (Å²) in [6.07, 6.45) is 2.76. The normalized spacial score (nSPS) is 23.2. The molecule has 1 atom stereocenters. The largest absolute Gasteiger partial charge is 0.480 e. The highest BCUT2D eigenvalue weighted by molar-refractivity contribution is 6.32. The number of methoxy groups -OCH3 is 1. The molecule has 2 rings (SSSR count). The summed E-state index contributed by atoms with van der Waals surface area (Å²) in [6.45, 7) is 2.27. The molecule has 98 valence electrons. The number of anilines is 1. The molecule has 1 unspecified atom stereocenters. The van der Waals surface area contributed by atoms with Crippen molar-refractivity contribution in [3.05, 3.63) is 11.2 Å². The number of ether oxygens (including phenoxy) is 1. The van der Waals surface area contributed by atoms with E-state index < -0.39 is 11.5 Å². The number of carboxylic acids is 1. The molecule has 0 bridgehead atoms. The highest BCUT2D eigenvalue weighted by atomic mass is 35.5. The van der Waals surface area contributed by atoms with Crippen molar-refractivity contribution < 1.29 is 14.6 Å². The molecule has 1 fully saturated rings. The van der Waals surface area contributed by atoms with Crippen molar-refractivity contribution in [2.24, 2.45) is 0 Å². The Balaban J connectivity index is 2.44. The second-order valence-corrected chi connectivity index (χ2v) is 4.77. The molecule has 0 amide bonds. The Morgan fingerprint density at radius 3 is 3.00 bits per heavy atom. The zero-order chi connectivity index (χ0) is 13.3.